The van der Waals surface area contributed by atoms with Crippen LogP contribution >= 0.6 is 0 Å². The number of halogens is 4. The Hall–Kier alpha value is -5.42. The number of methoxy groups -OCH3 is 1. The average molecular weight is 773 g/mol. The third-order valence-electron chi connectivity index (χ3n) is 8.83. The summed E-state index contributed by atoms with van der Waals surface area (Å²) in [4.78, 5) is 39.9. The van der Waals surface area contributed by atoms with Gasteiger partial charge in [0.25, 0.3) is 0 Å². The number of likely N-dealkylation sites (N-methyl/N-ethyl adjacent to an activating group) is 1. The number of amides is 1. The second-order valence-corrected chi connectivity index (χ2v) is 13.2. The fourth-order valence-electron chi connectivity index (χ4n) is 6.34. The molecule has 6 rings (SSSR count). The van der Waals surface area contributed by atoms with Crippen LogP contribution in [0.3, 0.4) is 0 Å². The summed E-state index contributed by atoms with van der Waals surface area (Å²) in [6.07, 6.45) is -4.86. The molecule has 2 aliphatic heterocycles. The van der Waals surface area contributed by atoms with Gasteiger partial charge in [0.05, 0.1) is 12.2 Å². The van der Waals surface area contributed by atoms with E-state index in [1.165, 1.54) is 7.11 Å². The van der Waals surface area contributed by atoms with E-state index in [2.05, 4.69) is 14.7 Å². The third-order valence-corrected chi connectivity index (χ3v) is 8.83. The highest BCUT2D eigenvalue weighted by atomic mass is 19.4. The predicted octanol–water partition coefficient (Wildman–Crippen LogP) is 5.74. The van der Waals surface area contributed by atoms with Crippen LogP contribution in [0.15, 0.2) is 60.7 Å². The quantitative estimate of drug-likeness (QED) is 0.148. The van der Waals surface area contributed by atoms with Gasteiger partial charge in [0.15, 0.2) is 18.4 Å². The lowest BCUT2D eigenvalue weighted by Crippen LogP contribution is -2.49. The number of carboxylic acids is 1. The molecule has 3 aromatic carbocycles. The average Bonchev–Trinajstić information content (AvgIpc) is 3.16. The Kier molecular flexibility index (Phi) is 13.5. The maximum Gasteiger partial charge on any atom is 0.490 e. The molecule has 55 heavy (non-hydrogen) atoms. The maximum atomic E-state index is 15.4. The van der Waals surface area contributed by atoms with E-state index < -0.39 is 18.0 Å². The lowest BCUT2D eigenvalue weighted by atomic mass is 10.0. The number of fused-ring (bicyclic) bond motifs is 2. The van der Waals surface area contributed by atoms with Crippen molar-refractivity contribution in [1.29, 1.82) is 0 Å². The van der Waals surface area contributed by atoms with Crippen LogP contribution in [0.5, 0.6) is 11.8 Å². The van der Waals surface area contributed by atoms with Crippen LogP contribution in [0.25, 0.3) is 10.8 Å². The summed E-state index contributed by atoms with van der Waals surface area (Å²) < 4.78 is 69.7. The molecule has 296 valence electrons. The normalized spacial score (nSPS) is 14.9. The number of ether oxygens (including phenoxy) is 4. The number of hydrogen-bond acceptors (Lipinski definition) is 11. The van der Waals surface area contributed by atoms with E-state index in [0.29, 0.717) is 63.6 Å². The zero-order valence-corrected chi connectivity index (χ0v) is 31.0. The van der Waals surface area contributed by atoms with Crippen LogP contribution in [0, 0.1) is 5.82 Å². The van der Waals surface area contributed by atoms with E-state index in [9.17, 15) is 18.0 Å². The standard InChI is InChI=1S/C36H43FN6O5.C2HF3O2/c1-25(21-40(2)3)48-35-38-30-22-43(31-20-32(47-24-45-4)33(37)28-13-9-8-12-27(28)31)15-14-29(30)34(39-35)41-16-18-42(19-17-41)36(44)46-23-26-10-6-5-7-11-26;3-2(4,5)1(6)7/h5-13,20,25H,14-19,21-24H2,1-4H3;(H,6,7)/t25-;/m1./s1. The minimum atomic E-state index is -5.08. The summed E-state index contributed by atoms with van der Waals surface area (Å²) in [6, 6.07) is 19.2. The first-order valence-corrected chi connectivity index (χ1v) is 17.5. The lowest BCUT2D eigenvalue weighted by molar-refractivity contribution is -0.192. The number of rotatable bonds is 11. The lowest BCUT2D eigenvalue weighted by Gasteiger charge is -2.38. The molecule has 1 atom stereocenters. The van der Waals surface area contributed by atoms with Crippen molar-refractivity contribution < 1.29 is 51.2 Å². The number of carbonyl (C=O) groups is 2. The number of carboxylic acid groups (broad SMARTS) is 1. The number of aromatic nitrogens is 2. The van der Waals surface area contributed by atoms with E-state index in [1.54, 1.807) is 17.0 Å². The molecular weight excluding hydrogens is 728 g/mol. The van der Waals surface area contributed by atoms with Gasteiger partial charge in [-0.3, -0.25) is 0 Å². The maximum absolute atomic E-state index is 15.4. The van der Waals surface area contributed by atoms with Gasteiger partial charge in [0, 0.05) is 74.5 Å². The van der Waals surface area contributed by atoms with Gasteiger partial charge < -0.3 is 43.7 Å². The Labute approximate surface area is 316 Å². The second kappa shape index (κ2) is 18.3. The fraction of sp³-hybridized carbons (Fsp3) is 0.421. The molecule has 0 unspecified atom stereocenters. The zero-order chi connectivity index (χ0) is 39.7. The summed E-state index contributed by atoms with van der Waals surface area (Å²) in [5.41, 5.74) is 3.72. The Morgan fingerprint density at radius 1 is 0.945 bits per heavy atom. The monoisotopic (exact) mass is 772 g/mol. The summed E-state index contributed by atoms with van der Waals surface area (Å²) in [6.45, 7) is 6.27. The molecule has 1 saturated heterocycles. The molecule has 2 aliphatic rings. The first kappa shape index (κ1) is 40.8. The van der Waals surface area contributed by atoms with E-state index >= 15 is 4.39 Å². The molecule has 0 aliphatic carbocycles. The van der Waals surface area contributed by atoms with Gasteiger partial charge >= 0.3 is 24.2 Å². The van der Waals surface area contributed by atoms with Crippen molar-refractivity contribution in [3.05, 3.63) is 83.3 Å². The Morgan fingerprint density at radius 2 is 1.60 bits per heavy atom. The molecule has 4 aromatic rings. The molecule has 0 bridgehead atoms. The van der Waals surface area contributed by atoms with E-state index in [4.69, 9.17) is 38.8 Å². The van der Waals surface area contributed by atoms with Crippen molar-refractivity contribution in [3.63, 3.8) is 0 Å². The molecule has 1 fully saturated rings. The number of benzene rings is 3. The Morgan fingerprint density at radius 3 is 2.24 bits per heavy atom. The molecule has 17 heteroatoms. The summed E-state index contributed by atoms with van der Waals surface area (Å²) in [7, 11) is 5.51. The van der Waals surface area contributed by atoms with Crippen molar-refractivity contribution in [3.8, 4) is 11.8 Å². The number of aliphatic carboxylic acids is 1. The molecule has 0 saturated carbocycles. The highest BCUT2D eigenvalue weighted by Gasteiger charge is 2.38. The first-order chi connectivity index (χ1) is 26.2. The van der Waals surface area contributed by atoms with Gasteiger partial charge in [-0.25, -0.2) is 14.0 Å². The van der Waals surface area contributed by atoms with Crippen LogP contribution < -0.4 is 19.3 Å². The molecule has 0 radical (unpaired) electrons. The topological polar surface area (TPSA) is 130 Å². The summed E-state index contributed by atoms with van der Waals surface area (Å²) >= 11 is 0. The molecule has 3 heterocycles. The second-order valence-electron chi connectivity index (χ2n) is 13.2. The minimum absolute atomic E-state index is 0.0576. The Bertz CT molecular complexity index is 1930. The van der Waals surface area contributed by atoms with Crippen LogP contribution in [0.2, 0.25) is 0 Å². The number of anilines is 2. The van der Waals surface area contributed by atoms with Crippen molar-refractivity contribution in [2.45, 2.75) is 38.8 Å². The third kappa shape index (κ3) is 10.6. The van der Waals surface area contributed by atoms with Crippen molar-refractivity contribution in [2.75, 3.05) is 77.1 Å². The summed E-state index contributed by atoms with van der Waals surface area (Å²) in [5, 5.41) is 8.40. The number of hydrogen-bond donors (Lipinski definition) is 1. The van der Waals surface area contributed by atoms with Gasteiger partial charge in [-0.05, 0) is 33.0 Å². The van der Waals surface area contributed by atoms with E-state index in [1.807, 2.05) is 69.6 Å². The number of nitrogens with zero attached hydrogens (tertiary/aromatic N) is 6. The van der Waals surface area contributed by atoms with Crippen molar-refractivity contribution in [1.82, 2.24) is 19.8 Å². The van der Waals surface area contributed by atoms with Crippen LogP contribution in [-0.4, -0.2) is 116 Å². The van der Waals surface area contributed by atoms with Crippen molar-refractivity contribution >= 4 is 34.3 Å². The van der Waals surface area contributed by atoms with Gasteiger partial charge in [-0.15, -0.1) is 0 Å². The molecular formula is C38H44F4N6O7. The molecule has 0 spiro atoms. The van der Waals surface area contributed by atoms with Crippen molar-refractivity contribution in [2.24, 2.45) is 0 Å². The van der Waals surface area contributed by atoms with E-state index in [0.717, 1.165) is 33.7 Å². The van der Waals surface area contributed by atoms with Gasteiger partial charge in [-0.1, -0.05) is 54.6 Å². The zero-order valence-electron chi connectivity index (χ0n) is 31.0. The van der Waals surface area contributed by atoms with Crippen LogP contribution in [0.4, 0.5) is 33.9 Å². The SMILES string of the molecule is COCOc1cc(N2CCc3c(nc(O[C@H](C)CN(C)C)nc3N3CCN(C(=O)OCc4ccccc4)CC3)C2)c2ccccc2c1F.O=C(O)C(F)(F)F. The Balaban J connectivity index is 0.000000757. The predicted molar refractivity (Wildman–Crippen MR) is 196 cm³/mol. The van der Waals surface area contributed by atoms with Gasteiger partial charge in [0.1, 0.15) is 18.5 Å². The number of piperazine rings is 1. The highest BCUT2D eigenvalue weighted by Crippen LogP contribution is 2.39. The molecule has 13 nitrogen and oxygen atoms in total. The number of carbonyl (C=O) groups excluding carboxylic acids is 1. The van der Waals surface area contributed by atoms with Crippen LogP contribution in [0.1, 0.15) is 23.7 Å². The fourth-order valence-corrected chi connectivity index (χ4v) is 6.34. The first-order valence-electron chi connectivity index (χ1n) is 17.5. The molecule has 1 aromatic heterocycles. The van der Waals surface area contributed by atoms with Gasteiger partial charge in [0.2, 0.25) is 0 Å². The minimum Gasteiger partial charge on any atom is -0.475 e. The highest BCUT2D eigenvalue weighted by molar-refractivity contribution is 5.96. The number of alkyl halides is 3. The smallest absolute Gasteiger partial charge is 0.475 e. The largest absolute Gasteiger partial charge is 0.490 e. The summed E-state index contributed by atoms with van der Waals surface area (Å²) in [5.74, 6) is -2.20. The molecule has 1 N–H and O–H groups in total. The van der Waals surface area contributed by atoms with Crippen LogP contribution in [-0.2, 0) is 33.8 Å². The van der Waals surface area contributed by atoms with Gasteiger partial charge in [-0.2, -0.15) is 23.1 Å². The molecule has 1 amide bonds. The van der Waals surface area contributed by atoms with E-state index in [-0.39, 0.29) is 31.3 Å².